The van der Waals surface area contributed by atoms with Crippen molar-refractivity contribution >= 4 is 5.65 Å². The zero-order valence-corrected chi connectivity index (χ0v) is 14.5. The molecule has 1 saturated heterocycles. The lowest BCUT2D eigenvalue weighted by atomic mass is 9.85. The summed E-state index contributed by atoms with van der Waals surface area (Å²) < 4.78 is 2.16. The predicted molar refractivity (Wildman–Crippen MR) is 98.7 cm³/mol. The van der Waals surface area contributed by atoms with E-state index in [2.05, 4.69) is 56.0 Å². The molecule has 3 aromatic rings. The van der Waals surface area contributed by atoms with Crippen LogP contribution in [0.4, 0.5) is 0 Å². The van der Waals surface area contributed by atoms with Gasteiger partial charge in [0.2, 0.25) is 0 Å². The molecule has 2 aliphatic rings. The first-order valence-electron chi connectivity index (χ1n) is 9.51. The average Bonchev–Trinajstić information content (AvgIpc) is 3.12. The molecule has 4 nitrogen and oxygen atoms in total. The van der Waals surface area contributed by atoms with Gasteiger partial charge in [0.05, 0.1) is 0 Å². The van der Waals surface area contributed by atoms with E-state index in [1.807, 2.05) is 12.1 Å². The second-order valence-corrected chi connectivity index (χ2v) is 7.40. The predicted octanol–water partition coefficient (Wildman–Crippen LogP) is 3.99. The van der Waals surface area contributed by atoms with Gasteiger partial charge in [0.1, 0.15) is 5.82 Å². The van der Waals surface area contributed by atoms with Crippen molar-refractivity contribution in [3.05, 3.63) is 65.6 Å². The van der Waals surface area contributed by atoms with E-state index in [4.69, 9.17) is 0 Å². The van der Waals surface area contributed by atoms with E-state index in [0.29, 0.717) is 12.0 Å². The summed E-state index contributed by atoms with van der Waals surface area (Å²) in [6, 6.07) is 15.8. The van der Waals surface area contributed by atoms with E-state index in [9.17, 15) is 0 Å². The van der Waals surface area contributed by atoms with Crippen LogP contribution in [0.25, 0.3) is 5.65 Å². The fourth-order valence-corrected chi connectivity index (χ4v) is 4.72. The Balaban J connectivity index is 1.34. The average molecular weight is 332 g/mol. The molecule has 0 saturated carbocycles. The Hall–Kier alpha value is -2.20. The second kappa shape index (κ2) is 6.26. The van der Waals surface area contributed by atoms with E-state index >= 15 is 0 Å². The number of likely N-dealkylation sites (tertiary alicyclic amines) is 1. The minimum Gasteiger partial charge on any atom is -0.296 e. The lowest BCUT2D eigenvalue weighted by molar-refractivity contribution is 0.136. The second-order valence-electron chi connectivity index (χ2n) is 7.40. The van der Waals surface area contributed by atoms with Crippen LogP contribution in [0.1, 0.15) is 54.6 Å². The van der Waals surface area contributed by atoms with Gasteiger partial charge in [-0.25, -0.2) is 0 Å². The van der Waals surface area contributed by atoms with Gasteiger partial charge in [-0.3, -0.25) is 9.30 Å². The molecule has 4 heteroatoms. The molecule has 1 aliphatic heterocycles. The molecular weight excluding hydrogens is 308 g/mol. The smallest absolute Gasteiger partial charge is 0.160 e. The van der Waals surface area contributed by atoms with Crippen molar-refractivity contribution in [2.24, 2.45) is 0 Å². The van der Waals surface area contributed by atoms with Gasteiger partial charge in [0.15, 0.2) is 5.65 Å². The molecule has 1 fully saturated rings. The first kappa shape index (κ1) is 15.1. The molecule has 1 aliphatic carbocycles. The van der Waals surface area contributed by atoms with Crippen LogP contribution in [0.2, 0.25) is 0 Å². The number of benzene rings is 1. The lowest BCUT2D eigenvalue weighted by Crippen LogP contribution is -2.38. The maximum absolute atomic E-state index is 4.49. The molecule has 3 heterocycles. The highest BCUT2D eigenvalue weighted by molar-refractivity contribution is 5.38. The number of piperidine rings is 1. The Kier molecular flexibility index (Phi) is 3.78. The third-order valence-corrected chi connectivity index (χ3v) is 6.01. The maximum Gasteiger partial charge on any atom is 0.160 e. The van der Waals surface area contributed by atoms with Gasteiger partial charge in [-0.2, -0.15) is 0 Å². The van der Waals surface area contributed by atoms with E-state index < -0.39 is 0 Å². The minimum atomic E-state index is 0.521. The van der Waals surface area contributed by atoms with Gasteiger partial charge in [0, 0.05) is 18.2 Å². The molecule has 5 rings (SSSR count). The molecule has 0 spiro atoms. The van der Waals surface area contributed by atoms with Crippen LogP contribution >= 0.6 is 0 Å². The molecule has 0 amide bonds. The Morgan fingerprint density at radius 2 is 1.72 bits per heavy atom. The van der Waals surface area contributed by atoms with E-state index in [-0.39, 0.29) is 0 Å². The van der Waals surface area contributed by atoms with Crippen LogP contribution < -0.4 is 0 Å². The van der Waals surface area contributed by atoms with Crippen molar-refractivity contribution in [3.8, 4) is 0 Å². The first-order chi connectivity index (χ1) is 12.4. The van der Waals surface area contributed by atoms with Gasteiger partial charge in [-0.05, 0) is 68.5 Å². The summed E-state index contributed by atoms with van der Waals surface area (Å²) in [5.74, 6) is 1.66. The largest absolute Gasteiger partial charge is 0.296 e. The standard InChI is InChI=1S/C21H24N4/c1-2-8-18-16(6-1)7-5-9-19(18)24-14-11-17(12-15-24)21-23-22-20-10-3-4-13-25(20)21/h1-4,6,8,10,13,17,19H,5,7,9,11-12,14-15H2. The Labute approximate surface area is 148 Å². The number of hydrogen-bond donors (Lipinski definition) is 0. The molecule has 0 radical (unpaired) electrons. The Bertz CT molecular complexity index is 876. The lowest BCUT2D eigenvalue weighted by Gasteiger charge is -2.40. The zero-order chi connectivity index (χ0) is 16.6. The van der Waals surface area contributed by atoms with Gasteiger partial charge < -0.3 is 0 Å². The molecule has 0 N–H and O–H groups in total. The number of nitrogens with zero attached hydrogens (tertiary/aromatic N) is 4. The normalized spacial score (nSPS) is 22.2. The highest BCUT2D eigenvalue weighted by atomic mass is 15.3. The summed E-state index contributed by atoms with van der Waals surface area (Å²) >= 11 is 0. The van der Waals surface area contributed by atoms with Gasteiger partial charge in [-0.15, -0.1) is 10.2 Å². The zero-order valence-electron chi connectivity index (χ0n) is 14.5. The Morgan fingerprint density at radius 1 is 0.880 bits per heavy atom. The van der Waals surface area contributed by atoms with Crippen LogP contribution in [-0.4, -0.2) is 32.6 Å². The minimum absolute atomic E-state index is 0.521. The van der Waals surface area contributed by atoms with Crippen molar-refractivity contribution in [2.45, 2.75) is 44.1 Å². The molecule has 25 heavy (non-hydrogen) atoms. The van der Waals surface area contributed by atoms with Crippen molar-refractivity contribution in [1.82, 2.24) is 19.5 Å². The number of hydrogen-bond acceptors (Lipinski definition) is 3. The van der Waals surface area contributed by atoms with E-state index in [1.54, 1.807) is 11.1 Å². The number of rotatable bonds is 2. The monoisotopic (exact) mass is 332 g/mol. The molecule has 1 unspecified atom stereocenters. The number of fused-ring (bicyclic) bond motifs is 2. The number of aryl methyl sites for hydroxylation is 1. The summed E-state index contributed by atoms with van der Waals surface area (Å²) in [7, 11) is 0. The quantitative estimate of drug-likeness (QED) is 0.711. The molecule has 2 aromatic heterocycles. The van der Waals surface area contributed by atoms with Crippen LogP contribution in [0.15, 0.2) is 48.7 Å². The highest BCUT2D eigenvalue weighted by Crippen LogP contribution is 2.37. The van der Waals surface area contributed by atoms with Crippen molar-refractivity contribution in [1.29, 1.82) is 0 Å². The summed E-state index contributed by atoms with van der Waals surface area (Å²) in [5, 5.41) is 8.82. The third-order valence-electron chi connectivity index (χ3n) is 6.01. The fourth-order valence-electron chi connectivity index (χ4n) is 4.72. The van der Waals surface area contributed by atoms with Crippen LogP contribution in [0, 0.1) is 0 Å². The molecule has 1 aromatic carbocycles. The van der Waals surface area contributed by atoms with Crippen molar-refractivity contribution in [3.63, 3.8) is 0 Å². The molecule has 1 atom stereocenters. The Morgan fingerprint density at radius 3 is 2.64 bits per heavy atom. The third kappa shape index (κ3) is 2.65. The van der Waals surface area contributed by atoms with Crippen LogP contribution in [0.5, 0.6) is 0 Å². The van der Waals surface area contributed by atoms with Crippen molar-refractivity contribution in [2.75, 3.05) is 13.1 Å². The molecule has 128 valence electrons. The first-order valence-corrected chi connectivity index (χ1v) is 9.51. The number of pyridine rings is 1. The number of aromatic nitrogens is 3. The van der Waals surface area contributed by atoms with Gasteiger partial charge in [0.25, 0.3) is 0 Å². The van der Waals surface area contributed by atoms with Crippen molar-refractivity contribution < 1.29 is 0 Å². The van der Waals surface area contributed by atoms with Crippen LogP contribution in [0.3, 0.4) is 0 Å². The van der Waals surface area contributed by atoms with E-state index in [0.717, 1.165) is 24.6 Å². The summed E-state index contributed by atoms with van der Waals surface area (Å²) in [6.07, 6.45) is 8.30. The summed E-state index contributed by atoms with van der Waals surface area (Å²) in [6.45, 7) is 2.32. The van der Waals surface area contributed by atoms with Gasteiger partial charge >= 0.3 is 0 Å². The van der Waals surface area contributed by atoms with E-state index in [1.165, 1.54) is 32.1 Å². The summed E-state index contributed by atoms with van der Waals surface area (Å²) in [4.78, 5) is 2.71. The molecular formula is C21H24N4. The topological polar surface area (TPSA) is 33.4 Å². The van der Waals surface area contributed by atoms with Crippen LogP contribution in [-0.2, 0) is 6.42 Å². The maximum atomic E-state index is 4.49. The SMILES string of the molecule is c1ccc2c(c1)CCCC2N1CCC(c2nnc3ccccn23)CC1. The highest BCUT2D eigenvalue weighted by Gasteiger charge is 2.31. The fraction of sp³-hybridized carbons (Fsp3) is 0.429. The molecule has 0 bridgehead atoms. The van der Waals surface area contributed by atoms with Gasteiger partial charge in [-0.1, -0.05) is 30.3 Å². The summed E-state index contributed by atoms with van der Waals surface area (Å²) in [5.41, 5.74) is 4.09.